The van der Waals surface area contributed by atoms with Gasteiger partial charge in [0, 0.05) is 6.42 Å². The number of hydrogen-bond acceptors (Lipinski definition) is 5. The quantitative estimate of drug-likeness (QED) is 0.676. The van der Waals surface area contributed by atoms with Gasteiger partial charge < -0.3 is 21.3 Å². The van der Waals surface area contributed by atoms with Crippen LogP contribution in [0.3, 0.4) is 0 Å². The number of nitrogens with zero attached hydrogens (tertiary/aromatic N) is 3. The number of amides is 1. The molecule has 8 heteroatoms. The van der Waals surface area contributed by atoms with E-state index in [1.54, 1.807) is 0 Å². The monoisotopic (exact) mass is 315 g/mol. The molecule has 0 fully saturated rings. The van der Waals surface area contributed by atoms with E-state index in [1.165, 1.54) is 0 Å². The predicted molar refractivity (Wildman–Crippen MR) is 84.9 cm³/mol. The Morgan fingerprint density at radius 1 is 1.29 bits per heavy atom. The molecule has 0 aliphatic heterocycles. The van der Waals surface area contributed by atoms with Crippen molar-refractivity contribution in [2.45, 2.75) is 25.8 Å². The first-order chi connectivity index (χ1) is 9.66. The molecule has 0 aliphatic rings. The van der Waals surface area contributed by atoms with Gasteiger partial charge in [0.15, 0.2) is 22.5 Å². The highest BCUT2D eigenvalue weighted by Crippen LogP contribution is 2.17. The van der Waals surface area contributed by atoms with Crippen LogP contribution >= 0.6 is 11.6 Å². The molecule has 5 N–H and O–H groups in total. The summed E-state index contributed by atoms with van der Waals surface area (Å²) in [5.41, 5.74) is 11.2. The van der Waals surface area contributed by atoms with Crippen LogP contribution in [-0.2, 0) is 0 Å². The molecule has 118 valence electrons. The molecule has 1 rings (SSSR count). The van der Waals surface area contributed by atoms with Crippen molar-refractivity contribution in [1.29, 1.82) is 0 Å². The smallest absolute Gasteiger partial charge is 0.274 e. The van der Waals surface area contributed by atoms with Crippen molar-refractivity contribution in [2.24, 2.45) is 0 Å². The summed E-state index contributed by atoms with van der Waals surface area (Å²) in [5, 5.41) is 2.82. The van der Waals surface area contributed by atoms with Crippen LogP contribution in [0.25, 0.3) is 0 Å². The van der Waals surface area contributed by atoms with Gasteiger partial charge in [0.25, 0.3) is 5.91 Å². The second kappa shape index (κ2) is 6.91. The molecule has 21 heavy (non-hydrogen) atoms. The number of carbonyl (C=O) groups is 1. The molecule has 0 aromatic carbocycles. The van der Waals surface area contributed by atoms with E-state index in [9.17, 15) is 4.79 Å². The van der Waals surface area contributed by atoms with Gasteiger partial charge in [-0.3, -0.25) is 4.79 Å². The van der Waals surface area contributed by atoms with Gasteiger partial charge in [-0.15, -0.1) is 0 Å². The van der Waals surface area contributed by atoms with E-state index in [2.05, 4.69) is 43.4 Å². The van der Waals surface area contributed by atoms with Crippen LogP contribution in [0.5, 0.6) is 0 Å². The maximum absolute atomic E-state index is 12.2. The summed E-state index contributed by atoms with van der Waals surface area (Å²) in [6, 6.07) is 0.303. The van der Waals surface area contributed by atoms with Crippen LogP contribution in [-0.4, -0.2) is 54.1 Å². The van der Waals surface area contributed by atoms with Gasteiger partial charge in [0.05, 0.1) is 27.7 Å². The molecule has 0 saturated carbocycles. The topological polar surface area (TPSA) is 107 Å². The molecule has 0 aliphatic carbocycles. The number of nitrogens with one attached hydrogen (secondary N) is 1. The molecule has 0 radical (unpaired) electrons. The molecule has 1 aromatic heterocycles. The summed E-state index contributed by atoms with van der Waals surface area (Å²) < 4.78 is 0.762. The van der Waals surface area contributed by atoms with E-state index in [-0.39, 0.29) is 22.5 Å². The number of halogens is 1. The van der Waals surface area contributed by atoms with E-state index in [4.69, 9.17) is 23.1 Å². The third-order valence-corrected chi connectivity index (χ3v) is 3.61. The van der Waals surface area contributed by atoms with Crippen LogP contribution in [0.4, 0.5) is 11.6 Å². The average molecular weight is 316 g/mol. The summed E-state index contributed by atoms with van der Waals surface area (Å²) in [6.45, 7) is 2.65. The number of rotatable bonds is 6. The Bertz CT molecular complexity index is 514. The lowest BCUT2D eigenvalue weighted by Gasteiger charge is -2.34. The van der Waals surface area contributed by atoms with E-state index < -0.39 is 5.91 Å². The van der Waals surface area contributed by atoms with Crippen LogP contribution < -0.4 is 16.8 Å². The van der Waals surface area contributed by atoms with Crippen molar-refractivity contribution in [3.8, 4) is 0 Å². The van der Waals surface area contributed by atoms with Gasteiger partial charge >= 0.3 is 0 Å². The molecule has 1 heterocycles. The highest BCUT2D eigenvalue weighted by molar-refractivity contribution is 6.31. The third-order valence-electron chi connectivity index (χ3n) is 3.34. The molecule has 1 aromatic rings. The minimum absolute atomic E-state index is 0.00542. The molecule has 0 saturated heterocycles. The number of hydrogen-bond donors (Lipinski definition) is 3. The normalized spacial score (nSPS) is 13.0. The fourth-order valence-electron chi connectivity index (χ4n) is 2.00. The van der Waals surface area contributed by atoms with Crippen molar-refractivity contribution in [3.63, 3.8) is 0 Å². The van der Waals surface area contributed by atoms with Crippen LogP contribution in [0.15, 0.2) is 0 Å². The standard InChI is InChI=1S/C13H23ClN6O/c1-5-6-8(20(2,3)4)7-17-13(21)9-11(15)19-12(16)10(14)18-9/h8H,5-7H2,1-4H3,(H4-,15,16,17,19,21)/p+1. The lowest BCUT2D eigenvalue weighted by molar-refractivity contribution is -0.895. The van der Waals surface area contributed by atoms with Gasteiger partial charge in [-0.25, -0.2) is 9.97 Å². The van der Waals surface area contributed by atoms with Crippen LogP contribution in [0.1, 0.15) is 30.3 Å². The van der Waals surface area contributed by atoms with Gasteiger partial charge in [0.2, 0.25) is 0 Å². The summed E-state index contributed by atoms with van der Waals surface area (Å²) >= 11 is 5.78. The number of likely N-dealkylation sites (N-methyl/N-ethyl adjacent to an activating group) is 1. The SMILES string of the molecule is CCCC(CNC(=O)c1nc(Cl)c(N)nc1N)[N+](C)(C)C. The molecule has 0 spiro atoms. The molecule has 1 amide bonds. The Kier molecular flexibility index (Phi) is 5.74. The first-order valence-electron chi connectivity index (χ1n) is 6.84. The lowest BCUT2D eigenvalue weighted by atomic mass is 10.1. The Balaban J connectivity index is 2.80. The molecule has 1 unspecified atom stereocenters. The predicted octanol–water partition coefficient (Wildman–Crippen LogP) is 0.899. The number of carbonyl (C=O) groups excluding carboxylic acids is 1. The van der Waals surface area contributed by atoms with Gasteiger partial charge in [-0.1, -0.05) is 24.9 Å². The molecule has 1 atom stereocenters. The van der Waals surface area contributed by atoms with Crippen molar-refractivity contribution in [1.82, 2.24) is 15.3 Å². The van der Waals surface area contributed by atoms with Crippen molar-refractivity contribution in [3.05, 3.63) is 10.8 Å². The zero-order valence-electron chi connectivity index (χ0n) is 13.0. The van der Waals surface area contributed by atoms with Crippen molar-refractivity contribution < 1.29 is 9.28 Å². The highest BCUT2D eigenvalue weighted by Gasteiger charge is 2.24. The lowest BCUT2D eigenvalue weighted by Crippen LogP contribution is -2.51. The zero-order chi connectivity index (χ0) is 16.2. The number of nitrogen functional groups attached to an aromatic ring is 2. The maximum atomic E-state index is 12.2. The van der Waals surface area contributed by atoms with Crippen LogP contribution in [0, 0.1) is 0 Å². The van der Waals surface area contributed by atoms with E-state index in [0.717, 1.165) is 17.3 Å². The first kappa shape index (κ1) is 17.5. The van der Waals surface area contributed by atoms with Crippen molar-refractivity contribution >= 4 is 29.1 Å². The zero-order valence-corrected chi connectivity index (χ0v) is 13.7. The second-order valence-electron chi connectivity index (χ2n) is 5.90. The largest absolute Gasteiger partial charge is 0.382 e. The van der Waals surface area contributed by atoms with Crippen LogP contribution in [0.2, 0.25) is 5.15 Å². The Morgan fingerprint density at radius 3 is 2.43 bits per heavy atom. The number of anilines is 2. The summed E-state index contributed by atoms with van der Waals surface area (Å²) in [4.78, 5) is 19.9. The maximum Gasteiger partial charge on any atom is 0.274 e. The highest BCUT2D eigenvalue weighted by atomic mass is 35.5. The number of quaternary nitrogens is 1. The second-order valence-corrected chi connectivity index (χ2v) is 6.26. The minimum atomic E-state index is -0.392. The Hall–Kier alpha value is -1.60. The van der Waals surface area contributed by atoms with E-state index in [1.807, 2.05) is 0 Å². The number of aromatic nitrogens is 2. The van der Waals surface area contributed by atoms with E-state index in [0.29, 0.717) is 12.6 Å². The van der Waals surface area contributed by atoms with Gasteiger partial charge in [-0.2, -0.15) is 0 Å². The van der Waals surface area contributed by atoms with E-state index >= 15 is 0 Å². The average Bonchev–Trinajstić information content (AvgIpc) is 2.37. The van der Waals surface area contributed by atoms with Gasteiger partial charge in [0.1, 0.15) is 6.04 Å². The Labute approximate surface area is 130 Å². The molecular formula is C13H24ClN6O+. The van der Waals surface area contributed by atoms with Gasteiger partial charge in [-0.05, 0) is 0 Å². The summed E-state index contributed by atoms with van der Waals surface area (Å²) in [6.07, 6.45) is 2.05. The summed E-state index contributed by atoms with van der Waals surface area (Å²) in [7, 11) is 6.29. The molecular weight excluding hydrogens is 292 g/mol. The molecule has 0 bridgehead atoms. The minimum Gasteiger partial charge on any atom is -0.382 e. The number of nitrogens with two attached hydrogens (primary N) is 2. The van der Waals surface area contributed by atoms with Crippen molar-refractivity contribution in [2.75, 3.05) is 39.2 Å². The fourth-order valence-corrected chi connectivity index (χ4v) is 2.13. The Morgan fingerprint density at radius 2 is 1.90 bits per heavy atom. The first-order valence-corrected chi connectivity index (χ1v) is 7.22. The molecule has 7 nitrogen and oxygen atoms in total. The third kappa shape index (κ3) is 4.71. The summed E-state index contributed by atoms with van der Waals surface area (Å²) in [5.74, 6) is -0.399. The fraction of sp³-hybridized carbons (Fsp3) is 0.615.